The monoisotopic (exact) mass is 572 g/mol. The van der Waals surface area contributed by atoms with Crippen molar-refractivity contribution in [1.82, 2.24) is 14.6 Å². The van der Waals surface area contributed by atoms with E-state index in [1.807, 2.05) is 30.3 Å². The van der Waals surface area contributed by atoms with Gasteiger partial charge in [0.25, 0.3) is 0 Å². The van der Waals surface area contributed by atoms with E-state index in [-0.39, 0.29) is 25.1 Å². The molecule has 1 aliphatic heterocycles. The molecule has 3 aromatic rings. The van der Waals surface area contributed by atoms with Crippen molar-refractivity contribution in [2.24, 2.45) is 0 Å². The third-order valence-electron chi connectivity index (χ3n) is 6.78. The molecule has 2 aliphatic rings. The Morgan fingerprint density at radius 2 is 1.95 bits per heavy atom. The Labute approximate surface area is 231 Å². The molecular weight excluding hydrogens is 539 g/mol. The fraction of sp³-hybridized carbons (Fsp3) is 0.444. The minimum absolute atomic E-state index is 0.0333. The van der Waals surface area contributed by atoms with Gasteiger partial charge in [0.1, 0.15) is 30.3 Å². The summed E-state index contributed by atoms with van der Waals surface area (Å²) < 4.78 is 44.1. The molecule has 0 spiro atoms. The van der Waals surface area contributed by atoms with Crippen LogP contribution in [0.15, 0.2) is 59.5 Å². The van der Waals surface area contributed by atoms with Crippen LogP contribution < -0.4 is 21.0 Å². The van der Waals surface area contributed by atoms with Crippen molar-refractivity contribution in [3.63, 3.8) is 0 Å². The number of ether oxygens (including phenoxy) is 3. The van der Waals surface area contributed by atoms with Gasteiger partial charge in [0.2, 0.25) is 0 Å². The zero-order chi connectivity index (χ0) is 28.1. The van der Waals surface area contributed by atoms with E-state index in [0.29, 0.717) is 5.75 Å². The molecule has 5 rings (SSSR count). The molecule has 0 amide bonds. The first-order chi connectivity index (χ1) is 19.3. The third kappa shape index (κ3) is 6.89. The van der Waals surface area contributed by atoms with Crippen molar-refractivity contribution in [3.8, 4) is 5.75 Å². The lowest BCUT2D eigenvalue weighted by atomic mass is 9.98. The van der Waals surface area contributed by atoms with E-state index in [9.17, 15) is 14.2 Å². The summed E-state index contributed by atoms with van der Waals surface area (Å²) in [6.07, 6.45) is 4.31. The molecule has 1 saturated carbocycles. The maximum absolute atomic E-state index is 14.1. The summed E-state index contributed by atoms with van der Waals surface area (Å²) in [6, 6.07) is 13.3. The largest absolute Gasteiger partial charge is 0.461 e. The predicted octanol–water partition coefficient (Wildman–Crippen LogP) is 3.91. The summed E-state index contributed by atoms with van der Waals surface area (Å²) in [7, 11) is -4.18. The summed E-state index contributed by atoms with van der Waals surface area (Å²) in [6.45, 7) is 1.27. The van der Waals surface area contributed by atoms with E-state index in [2.05, 4.69) is 10.1 Å². The standard InChI is InChI=1S/C27H33N4O8P/c1-18(26(32)37-20-10-3-2-4-11-20)30-40(34,39-22-13-7-9-19-8-5-6-12-21(19)22)36-17-25-35-16-24(38-25)31-15-14-23(28)29-27(31)33/h5-9,12-15,18,20,24-25H,2-4,10-11,16-17H2,1H3,(H,30,34)(H2,28,29,33)/t18-,24-,25-,40+/m0/s1. The van der Waals surface area contributed by atoms with Crippen LogP contribution >= 0.6 is 7.75 Å². The molecule has 13 heteroatoms. The fourth-order valence-electron chi connectivity index (χ4n) is 4.71. The zero-order valence-electron chi connectivity index (χ0n) is 22.1. The van der Waals surface area contributed by atoms with Crippen molar-refractivity contribution in [1.29, 1.82) is 0 Å². The average molecular weight is 573 g/mol. The number of esters is 1. The number of rotatable bonds is 10. The molecule has 1 aliphatic carbocycles. The highest BCUT2D eigenvalue weighted by molar-refractivity contribution is 7.52. The highest BCUT2D eigenvalue weighted by Crippen LogP contribution is 2.47. The van der Waals surface area contributed by atoms with Crippen molar-refractivity contribution in [2.45, 2.75) is 63.7 Å². The van der Waals surface area contributed by atoms with Gasteiger partial charge in [-0.15, -0.1) is 0 Å². The Morgan fingerprint density at radius 3 is 2.75 bits per heavy atom. The van der Waals surface area contributed by atoms with Crippen molar-refractivity contribution < 1.29 is 32.6 Å². The van der Waals surface area contributed by atoms with Crippen molar-refractivity contribution in [2.75, 3.05) is 18.9 Å². The molecule has 2 heterocycles. The predicted molar refractivity (Wildman–Crippen MR) is 146 cm³/mol. The van der Waals surface area contributed by atoms with E-state index < -0.39 is 38.0 Å². The van der Waals surface area contributed by atoms with Crippen molar-refractivity contribution in [3.05, 3.63) is 65.2 Å². The van der Waals surface area contributed by atoms with E-state index in [1.165, 1.54) is 16.8 Å². The van der Waals surface area contributed by atoms with Gasteiger partial charge in [0, 0.05) is 11.6 Å². The number of carbonyl (C=O) groups excluding carboxylic acids is 1. The molecule has 40 heavy (non-hydrogen) atoms. The van der Waals surface area contributed by atoms with Gasteiger partial charge >= 0.3 is 19.4 Å². The number of fused-ring (bicyclic) bond motifs is 1. The molecule has 0 radical (unpaired) electrons. The summed E-state index contributed by atoms with van der Waals surface area (Å²) >= 11 is 0. The first kappa shape index (κ1) is 28.3. The van der Waals surface area contributed by atoms with Gasteiger partial charge in [-0.2, -0.15) is 10.1 Å². The number of nitrogens with two attached hydrogens (primary N) is 1. The smallest absolute Gasteiger partial charge is 0.459 e. The summed E-state index contributed by atoms with van der Waals surface area (Å²) in [5.74, 6) is -0.137. The second-order valence-corrected chi connectivity index (χ2v) is 11.5. The molecule has 2 aromatic carbocycles. The van der Waals surface area contributed by atoms with E-state index in [4.69, 9.17) is 29.0 Å². The molecule has 1 saturated heterocycles. The minimum Gasteiger partial charge on any atom is -0.461 e. The molecule has 12 nitrogen and oxygen atoms in total. The zero-order valence-corrected chi connectivity index (χ0v) is 23.0. The van der Waals surface area contributed by atoms with Gasteiger partial charge < -0.3 is 24.5 Å². The summed E-state index contributed by atoms with van der Waals surface area (Å²) in [5, 5.41) is 4.32. The van der Waals surface area contributed by atoms with Gasteiger partial charge in [-0.05, 0) is 50.1 Å². The molecule has 1 aromatic heterocycles. The van der Waals surface area contributed by atoms with Gasteiger partial charge in [0.05, 0.1) is 6.61 Å². The number of nitrogens with one attached hydrogen (secondary N) is 1. The first-order valence-corrected chi connectivity index (χ1v) is 14.9. The first-order valence-electron chi connectivity index (χ1n) is 13.3. The van der Waals surface area contributed by atoms with E-state index in [0.717, 1.165) is 42.9 Å². The van der Waals surface area contributed by atoms with Crippen LogP contribution in [0, 0.1) is 0 Å². The normalized spacial score (nSPS) is 22.0. The molecule has 0 bridgehead atoms. The molecule has 0 unspecified atom stereocenters. The number of hydrogen-bond donors (Lipinski definition) is 2. The Balaban J connectivity index is 1.30. The fourth-order valence-corrected chi connectivity index (χ4v) is 6.21. The molecule has 2 fully saturated rings. The van der Waals surface area contributed by atoms with E-state index >= 15 is 0 Å². The van der Waals surface area contributed by atoms with E-state index in [1.54, 1.807) is 19.1 Å². The van der Waals surface area contributed by atoms with Crippen LogP contribution in [-0.4, -0.2) is 47.2 Å². The molecule has 3 N–H and O–H groups in total. The lowest BCUT2D eigenvalue weighted by Gasteiger charge is -2.26. The highest BCUT2D eigenvalue weighted by Gasteiger charge is 2.37. The quantitative estimate of drug-likeness (QED) is 0.269. The minimum atomic E-state index is -4.18. The lowest BCUT2D eigenvalue weighted by Crippen LogP contribution is -2.38. The summed E-state index contributed by atoms with van der Waals surface area (Å²) in [4.78, 5) is 28.7. The Hall–Kier alpha value is -3.28. The number of benzene rings is 2. The van der Waals surface area contributed by atoms with Gasteiger partial charge in [-0.25, -0.2) is 9.36 Å². The maximum atomic E-state index is 14.1. The number of nitrogens with zero attached hydrogens (tertiary/aromatic N) is 2. The SMILES string of the molecule is C[C@H](N[P@@](=O)(OC[C@H]1OC[C@@H](n2ccc(N)nc2=O)O1)Oc1cccc2ccccc12)C(=O)OC1CCCCC1. The molecular formula is C27H33N4O8P. The maximum Gasteiger partial charge on any atom is 0.459 e. The molecule has 4 atom stereocenters. The summed E-state index contributed by atoms with van der Waals surface area (Å²) in [5.41, 5.74) is 4.97. The van der Waals surface area contributed by atoms with Crippen LogP contribution in [0.5, 0.6) is 5.75 Å². The topological polar surface area (TPSA) is 153 Å². The lowest BCUT2D eigenvalue weighted by molar-refractivity contribution is -0.152. The molecule has 214 valence electrons. The van der Waals surface area contributed by atoms with Crippen LogP contribution in [0.1, 0.15) is 45.3 Å². The van der Waals surface area contributed by atoms with Crippen LogP contribution in [0.2, 0.25) is 0 Å². The van der Waals surface area contributed by atoms with Crippen LogP contribution in [-0.2, 0) is 28.1 Å². The number of nitrogen functional groups attached to an aromatic ring is 1. The van der Waals surface area contributed by atoms with Gasteiger partial charge in [0.15, 0.2) is 12.5 Å². The number of carbonyl (C=O) groups is 1. The number of anilines is 1. The van der Waals surface area contributed by atoms with Gasteiger partial charge in [-0.3, -0.25) is 13.9 Å². The highest BCUT2D eigenvalue weighted by atomic mass is 31.2. The van der Waals surface area contributed by atoms with Crippen molar-refractivity contribution >= 4 is 30.3 Å². The Morgan fingerprint density at radius 1 is 1.18 bits per heavy atom. The number of aromatic nitrogens is 2. The van der Waals surface area contributed by atoms with Gasteiger partial charge in [-0.1, -0.05) is 42.8 Å². The van der Waals surface area contributed by atoms with Crippen LogP contribution in [0.4, 0.5) is 5.82 Å². The van der Waals surface area contributed by atoms with Crippen LogP contribution in [0.25, 0.3) is 10.8 Å². The van der Waals surface area contributed by atoms with Crippen LogP contribution in [0.3, 0.4) is 0 Å². The third-order valence-corrected chi connectivity index (χ3v) is 8.41. The average Bonchev–Trinajstić information content (AvgIpc) is 3.41. The number of hydrogen-bond acceptors (Lipinski definition) is 10. The second kappa shape index (κ2) is 12.5. The Kier molecular flexibility index (Phi) is 8.82. The second-order valence-electron chi connectivity index (χ2n) is 9.81. The Bertz CT molecular complexity index is 1440.